The maximum absolute atomic E-state index is 12.9. The zero-order valence-electron chi connectivity index (χ0n) is 14.1. The van der Waals surface area contributed by atoms with Crippen molar-refractivity contribution >= 4 is 17.2 Å². The molecule has 2 aromatic heterocycles. The van der Waals surface area contributed by atoms with Gasteiger partial charge in [0.15, 0.2) is 5.82 Å². The van der Waals surface area contributed by atoms with E-state index in [-0.39, 0.29) is 5.91 Å². The Morgan fingerprint density at radius 2 is 2.08 bits per heavy atom. The molecule has 1 aromatic carbocycles. The van der Waals surface area contributed by atoms with E-state index in [2.05, 4.69) is 38.1 Å². The van der Waals surface area contributed by atoms with Gasteiger partial charge in [-0.15, -0.1) is 0 Å². The van der Waals surface area contributed by atoms with Crippen molar-refractivity contribution in [1.29, 1.82) is 0 Å². The third-order valence-electron chi connectivity index (χ3n) is 4.73. The number of aryl methyl sites for hydroxylation is 1. The number of thiophene rings is 1. The molecular weight excluding hydrogens is 332 g/mol. The molecule has 0 saturated carbocycles. The summed E-state index contributed by atoms with van der Waals surface area (Å²) in [6, 6.07) is 10.00. The van der Waals surface area contributed by atoms with Crippen LogP contribution in [0.15, 0.2) is 41.1 Å². The van der Waals surface area contributed by atoms with E-state index in [0.29, 0.717) is 5.92 Å². The number of carbonyl (C=O) groups excluding carboxylic acids is 1. The Morgan fingerprint density at radius 3 is 2.76 bits per heavy atom. The Morgan fingerprint density at radius 1 is 1.24 bits per heavy atom. The van der Waals surface area contributed by atoms with E-state index in [4.69, 9.17) is 0 Å². The van der Waals surface area contributed by atoms with Crippen molar-refractivity contribution < 1.29 is 4.79 Å². The normalized spacial score (nSPS) is 15.5. The second-order valence-electron chi connectivity index (χ2n) is 6.44. The Kier molecular flexibility index (Phi) is 4.36. The number of piperidine rings is 1. The summed E-state index contributed by atoms with van der Waals surface area (Å²) in [5.74, 6) is 2.18. The van der Waals surface area contributed by atoms with Gasteiger partial charge >= 0.3 is 0 Å². The molecule has 0 radical (unpaired) electrons. The Labute approximate surface area is 150 Å². The lowest BCUT2D eigenvalue weighted by atomic mass is 9.95. The van der Waals surface area contributed by atoms with E-state index in [1.165, 1.54) is 5.56 Å². The number of aromatic nitrogens is 3. The summed E-state index contributed by atoms with van der Waals surface area (Å²) in [4.78, 5) is 19.2. The van der Waals surface area contributed by atoms with Crippen molar-refractivity contribution in [2.45, 2.75) is 25.7 Å². The van der Waals surface area contributed by atoms with Crippen molar-refractivity contribution in [1.82, 2.24) is 20.1 Å². The molecule has 1 N–H and O–H groups in total. The van der Waals surface area contributed by atoms with Crippen LogP contribution in [0.4, 0.5) is 0 Å². The average molecular weight is 352 g/mol. The van der Waals surface area contributed by atoms with Crippen molar-refractivity contribution in [3.8, 4) is 11.1 Å². The highest BCUT2D eigenvalue weighted by molar-refractivity contribution is 7.08. The molecule has 3 heterocycles. The topological polar surface area (TPSA) is 61.9 Å². The highest BCUT2D eigenvalue weighted by Gasteiger charge is 2.26. The van der Waals surface area contributed by atoms with Gasteiger partial charge in [-0.05, 0) is 59.9 Å². The number of carbonyl (C=O) groups is 1. The molecule has 1 amide bonds. The first-order valence-electron chi connectivity index (χ1n) is 8.51. The molecule has 1 fully saturated rings. The zero-order chi connectivity index (χ0) is 17.2. The lowest BCUT2D eigenvalue weighted by Gasteiger charge is -2.31. The Hall–Kier alpha value is -2.47. The molecule has 1 saturated heterocycles. The molecule has 6 heteroatoms. The van der Waals surface area contributed by atoms with Gasteiger partial charge in [-0.1, -0.05) is 12.1 Å². The molecule has 0 spiro atoms. The van der Waals surface area contributed by atoms with Gasteiger partial charge < -0.3 is 4.90 Å². The highest BCUT2D eigenvalue weighted by atomic mass is 32.1. The van der Waals surface area contributed by atoms with Crippen LogP contribution in [0.2, 0.25) is 0 Å². The number of benzene rings is 1. The zero-order valence-corrected chi connectivity index (χ0v) is 14.9. The van der Waals surface area contributed by atoms with Gasteiger partial charge in [-0.3, -0.25) is 9.89 Å². The van der Waals surface area contributed by atoms with Crippen LogP contribution in [0.1, 0.15) is 40.8 Å². The van der Waals surface area contributed by atoms with Crippen molar-refractivity contribution in [2.75, 3.05) is 13.1 Å². The number of H-pyrrole nitrogens is 1. The van der Waals surface area contributed by atoms with Crippen molar-refractivity contribution in [3.05, 3.63) is 58.3 Å². The molecule has 1 aliphatic rings. The van der Waals surface area contributed by atoms with E-state index in [1.807, 2.05) is 30.0 Å². The molecule has 1 aliphatic heterocycles. The maximum Gasteiger partial charge on any atom is 0.253 e. The number of nitrogens with zero attached hydrogens (tertiary/aromatic N) is 3. The average Bonchev–Trinajstić information content (AvgIpc) is 3.33. The van der Waals surface area contributed by atoms with Crippen LogP contribution in [0.3, 0.4) is 0 Å². The van der Waals surface area contributed by atoms with E-state index in [9.17, 15) is 4.79 Å². The summed E-state index contributed by atoms with van der Waals surface area (Å²) >= 11 is 1.67. The molecule has 3 aromatic rings. The lowest BCUT2D eigenvalue weighted by molar-refractivity contribution is 0.0711. The van der Waals surface area contributed by atoms with Crippen LogP contribution in [0.25, 0.3) is 11.1 Å². The minimum absolute atomic E-state index is 0.113. The maximum atomic E-state index is 12.9. The molecule has 0 unspecified atom stereocenters. The minimum Gasteiger partial charge on any atom is -0.339 e. The van der Waals surface area contributed by atoms with Gasteiger partial charge in [-0.2, -0.15) is 16.4 Å². The van der Waals surface area contributed by atoms with Gasteiger partial charge in [0.25, 0.3) is 5.91 Å². The Balaban J connectivity index is 1.45. The van der Waals surface area contributed by atoms with E-state index in [1.54, 1.807) is 11.3 Å². The quantitative estimate of drug-likeness (QED) is 0.778. The fraction of sp³-hybridized carbons (Fsp3) is 0.316. The number of nitrogens with one attached hydrogen (secondary N) is 1. The number of rotatable bonds is 3. The summed E-state index contributed by atoms with van der Waals surface area (Å²) in [5, 5.41) is 11.3. The minimum atomic E-state index is 0.113. The SMILES string of the molecule is Cc1nc(C2CCN(C(=O)c3cccc(-c4ccsc4)c3)CC2)n[nH]1. The largest absolute Gasteiger partial charge is 0.339 e. The molecular formula is C19H20N4OS. The first kappa shape index (κ1) is 16.0. The van der Waals surface area contributed by atoms with Gasteiger partial charge in [0.05, 0.1) is 0 Å². The molecule has 0 aliphatic carbocycles. The van der Waals surface area contributed by atoms with Gasteiger partial charge in [0.2, 0.25) is 0 Å². The number of aromatic amines is 1. The predicted octanol–water partition coefficient (Wildman–Crippen LogP) is 3.86. The summed E-state index contributed by atoms with van der Waals surface area (Å²) in [5.41, 5.74) is 3.02. The van der Waals surface area contributed by atoms with Crippen molar-refractivity contribution in [2.24, 2.45) is 0 Å². The molecule has 0 bridgehead atoms. The Bertz CT molecular complexity index is 863. The number of hydrogen-bond donors (Lipinski definition) is 1. The fourth-order valence-corrected chi connectivity index (χ4v) is 3.99. The molecule has 0 atom stereocenters. The summed E-state index contributed by atoms with van der Waals surface area (Å²) in [6.45, 7) is 3.41. The molecule has 4 rings (SSSR count). The number of likely N-dealkylation sites (tertiary alicyclic amines) is 1. The van der Waals surface area contributed by atoms with E-state index in [0.717, 1.165) is 48.7 Å². The van der Waals surface area contributed by atoms with Crippen LogP contribution in [0.5, 0.6) is 0 Å². The standard InChI is InChI=1S/C19H20N4OS/c1-13-20-18(22-21-13)14-5-8-23(9-6-14)19(24)16-4-2-3-15(11-16)17-7-10-25-12-17/h2-4,7,10-12,14H,5-6,8-9H2,1H3,(H,20,21,22). The van der Waals surface area contributed by atoms with Crippen LogP contribution in [-0.2, 0) is 0 Å². The van der Waals surface area contributed by atoms with E-state index < -0.39 is 0 Å². The number of hydrogen-bond acceptors (Lipinski definition) is 4. The molecule has 5 nitrogen and oxygen atoms in total. The number of amides is 1. The summed E-state index contributed by atoms with van der Waals surface area (Å²) < 4.78 is 0. The van der Waals surface area contributed by atoms with Crippen LogP contribution in [-0.4, -0.2) is 39.1 Å². The second-order valence-corrected chi connectivity index (χ2v) is 7.22. The fourth-order valence-electron chi connectivity index (χ4n) is 3.33. The first-order valence-corrected chi connectivity index (χ1v) is 9.46. The smallest absolute Gasteiger partial charge is 0.253 e. The van der Waals surface area contributed by atoms with E-state index >= 15 is 0 Å². The summed E-state index contributed by atoms with van der Waals surface area (Å²) in [7, 11) is 0. The van der Waals surface area contributed by atoms with Crippen LogP contribution < -0.4 is 0 Å². The van der Waals surface area contributed by atoms with Gasteiger partial charge in [0, 0.05) is 24.6 Å². The van der Waals surface area contributed by atoms with Crippen LogP contribution >= 0.6 is 11.3 Å². The third-order valence-corrected chi connectivity index (χ3v) is 5.41. The monoisotopic (exact) mass is 352 g/mol. The van der Waals surface area contributed by atoms with Crippen LogP contribution in [0, 0.1) is 6.92 Å². The molecule has 128 valence electrons. The highest BCUT2D eigenvalue weighted by Crippen LogP contribution is 2.27. The van der Waals surface area contributed by atoms with Gasteiger partial charge in [0.1, 0.15) is 5.82 Å². The summed E-state index contributed by atoms with van der Waals surface area (Å²) in [6.07, 6.45) is 1.82. The predicted molar refractivity (Wildman–Crippen MR) is 98.8 cm³/mol. The molecule has 25 heavy (non-hydrogen) atoms. The first-order chi connectivity index (χ1) is 12.2. The van der Waals surface area contributed by atoms with Crippen molar-refractivity contribution in [3.63, 3.8) is 0 Å². The second kappa shape index (κ2) is 6.80. The lowest BCUT2D eigenvalue weighted by Crippen LogP contribution is -2.38. The van der Waals surface area contributed by atoms with Gasteiger partial charge in [-0.25, -0.2) is 4.98 Å². The third kappa shape index (κ3) is 3.35.